The van der Waals surface area contributed by atoms with E-state index in [2.05, 4.69) is 17.6 Å². The summed E-state index contributed by atoms with van der Waals surface area (Å²) in [6.07, 6.45) is -0.397. The van der Waals surface area contributed by atoms with E-state index in [1.165, 1.54) is 0 Å². The third-order valence-electron chi connectivity index (χ3n) is 3.10. The molecule has 0 aromatic heterocycles. The Hall–Kier alpha value is -1.75. The number of carbonyl (C=O) groups excluding carboxylic acids is 1. The van der Waals surface area contributed by atoms with Gasteiger partial charge in [-0.1, -0.05) is 18.2 Å². The average molecular weight is 308 g/mol. The minimum absolute atomic E-state index is 0.0352. The van der Waals surface area contributed by atoms with Gasteiger partial charge in [0.1, 0.15) is 11.4 Å². The van der Waals surface area contributed by atoms with Crippen molar-refractivity contribution >= 4 is 6.09 Å². The largest absolute Gasteiger partial charge is 0.496 e. The number of hydrogen-bond acceptors (Lipinski definition) is 4. The molecule has 0 spiro atoms. The topological polar surface area (TPSA) is 59.6 Å². The van der Waals surface area contributed by atoms with Crippen LogP contribution in [-0.4, -0.2) is 31.4 Å². The van der Waals surface area contributed by atoms with Gasteiger partial charge in [0.25, 0.3) is 0 Å². The van der Waals surface area contributed by atoms with Gasteiger partial charge in [0.05, 0.1) is 7.11 Å². The predicted molar refractivity (Wildman–Crippen MR) is 88.2 cm³/mol. The van der Waals surface area contributed by atoms with Crippen LogP contribution in [-0.2, 0) is 4.74 Å². The summed E-state index contributed by atoms with van der Waals surface area (Å²) in [4.78, 5) is 11.7. The molecule has 5 heteroatoms. The summed E-state index contributed by atoms with van der Waals surface area (Å²) in [7, 11) is 1.66. The van der Waals surface area contributed by atoms with Crippen LogP contribution in [0.1, 0.15) is 46.2 Å². The minimum atomic E-state index is -0.484. The monoisotopic (exact) mass is 308 g/mol. The first kappa shape index (κ1) is 18.3. The van der Waals surface area contributed by atoms with Crippen molar-refractivity contribution in [3.63, 3.8) is 0 Å². The molecule has 1 aromatic carbocycles. The summed E-state index contributed by atoms with van der Waals surface area (Å²) < 4.78 is 10.6. The van der Waals surface area contributed by atoms with Crippen LogP contribution in [0.2, 0.25) is 0 Å². The van der Waals surface area contributed by atoms with Crippen molar-refractivity contribution in [2.75, 3.05) is 13.7 Å². The Balaban J connectivity index is 2.46. The molecule has 0 saturated heterocycles. The zero-order chi connectivity index (χ0) is 16.8. The van der Waals surface area contributed by atoms with E-state index in [-0.39, 0.29) is 12.1 Å². The number of amides is 1. The molecule has 0 aliphatic carbocycles. The van der Waals surface area contributed by atoms with E-state index in [9.17, 15) is 4.79 Å². The zero-order valence-electron chi connectivity index (χ0n) is 14.4. The molecule has 0 saturated carbocycles. The van der Waals surface area contributed by atoms with Crippen molar-refractivity contribution in [2.45, 2.75) is 52.3 Å². The summed E-state index contributed by atoms with van der Waals surface area (Å²) in [5, 5.41) is 6.21. The number of benzene rings is 1. The highest BCUT2D eigenvalue weighted by Gasteiger charge is 2.18. The number of carbonyl (C=O) groups is 1. The van der Waals surface area contributed by atoms with Crippen LogP contribution in [0.25, 0.3) is 0 Å². The molecule has 5 nitrogen and oxygen atoms in total. The first-order chi connectivity index (χ1) is 10.2. The molecule has 22 heavy (non-hydrogen) atoms. The van der Waals surface area contributed by atoms with Crippen LogP contribution in [0.4, 0.5) is 4.79 Å². The summed E-state index contributed by atoms with van der Waals surface area (Å²) in [5.41, 5.74) is 0.608. The summed E-state index contributed by atoms with van der Waals surface area (Å²) in [6.45, 7) is 10.2. The summed E-state index contributed by atoms with van der Waals surface area (Å²) >= 11 is 0. The molecule has 124 valence electrons. The maximum absolute atomic E-state index is 11.7. The average Bonchev–Trinajstić information content (AvgIpc) is 2.42. The van der Waals surface area contributed by atoms with E-state index in [1.807, 2.05) is 52.0 Å². The number of ether oxygens (including phenoxy) is 2. The Kier molecular flexibility index (Phi) is 6.68. The van der Waals surface area contributed by atoms with Crippen molar-refractivity contribution in [3.05, 3.63) is 29.8 Å². The van der Waals surface area contributed by atoms with Crippen LogP contribution < -0.4 is 15.4 Å². The van der Waals surface area contributed by atoms with Crippen LogP contribution in [0.3, 0.4) is 0 Å². The number of para-hydroxylation sites is 1. The Morgan fingerprint density at radius 2 is 1.86 bits per heavy atom. The lowest BCUT2D eigenvalue weighted by Crippen LogP contribution is -2.43. The molecule has 1 aromatic rings. The highest BCUT2D eigenvalue weighted by atomic mass is 16.6. The first-order valence-corrected chi connectivity index (χ1v) is 7.58. The number of rotatable bonds is 6. The Bertz CT molecular complexity index is 483. The third kappa shape index (κ3) is 6.35. The summed E-state index contributed by atoms with van der Waals surface area (Å²) in [6, 6.07) is 7.99. The standard InChI is InChI=1S/C17H28N2O3/c1-12(19-16(20)22-17(3,4)5)11-18-13(2)14-9-7-8-10-15(14)21-6/h7-10,12-13,18H,11H2,1-6H3,(H,19,20). The predicted octanol–water partition coefficient (Wildman–Crippen LogP) is 3.26. The van der Waals surface area contributed by atoms with Crippen molar-refractivity contribution in [1.29, 1.82) is 0 Å². The van der Waals surface area contributed by atoms with Gasteiger partial charge >= 0.3 is 6.09 Å². The Morgan fingerprint density at radius 3 is 2.45 bits per heavy atom. The third-order valence-corrected chi connectivity index (χ3v) is 3.10. The number of methoxy groups -OCH3 is 1. The molecule has 0 aliphatic rings. The van der Waals surface area contributed by atoms with Gasteiger partial charge in [0.15, 0.2) is 0 Å². The summed E-state index contributed by atoms with van der Waals surface area (Å²) in [5.74, 6) is 0.857. The van der Waals surface area contributed by atoms with Gasteiger partial charge in [-0.15, -0.1) is 0 Å². The maximum atomic E-state index is 11.7. The highest BCUT2D eigenvalue weighted by Crippen LogP contribution is 2.24. The number of alkyl carbamates (subject to hydrolysis) is 1. The van der Waals surface area contributed by atoms with Crippen molar-refractivity contribution < 1.29 is 14.3 Å². The van der Waals surface area contributed by atoms with Gasteiger partial charge in [-0.3, -0.25) is 0 Å². The molecular formula is C17H28N2O3. The van der Waals surface area contributed by atoms with E-state index < -0.39 is 11.7 Å². The highest BCUT2D eigenvalue weighted by molar-refractivity contribution is 5.68. The van der Waals surface area contributed by atoms with Crippen molar-refractivity contribution in [2.24, 2.45) is 0 Å². The van der Waals surface area contributed by atoms with Crippen LogP contribution in [0, 0.1) is 0 Å². The Labute approximate surface area is 133 Å². The lowest BCUT2D eigenvalue weighted by atomic mass is 10.1. The van der Waals surface area contributed by atoms with Gasteiger partial charge in [-0.05, 0) is 40.7 Å². The van der Waals surface area contributed by atoms with E-state index in [0.29, 0.717) is 6.54 Å². The van der Waals surface area contributed by atoms with E-state index in [1.54, 1.807) is 7.11 Å². The zero-order valence-corrected chi connectivity index (χ0v) is 14.4. The molecule has 0 aliphatic heterocycles. The van der Waals surface area contributed by atoms with Gasteiger partial charge in [-0.25, -0.2) is 4.79 Å². The first-order valence-electron chi connectivity index (χ1n) is 7.58. The van der Waals surface area contributed by atoms with Gasteiger partial charge in [0.2, 0.25) is 0 Å². The second kappa shape index (κ2) is 8.03. The molecule has 1 rings (SSSR count). The molecule has 2 N–H and O–H groups in total. The van der Waals surface area contributed by atoms with Gasteiger partial charge in [0, 0.05) is 24.2 Å². The van der Waals surface area contributed by atoms with E-state index >= 15 is 0 Å². The molecular weight excluding hydrogens is 280 g/mol. The van der Waals surface area contributed by atoms with Crippen molar-refractivity contribution in [3.8, 4) is 5.75 Å². The molecule has 2 unspecified atom stereocenters. The van der Waals surface area contributed by atoms with Crippen molar-refractivity contribution in [1.82, 2.24) is 10.6 Å². The molecule has 0 heterocycles. The molecule has 0 fully saturated rings. The lowest BCUT2D eigenvalue weighted by molar-refractivity contribution is 0.0507. The smallest absolute Gasteiger partial charge is 0.407 e. The minimum Gasteiger partial charge on any atom is -0.496 e. The number of nitrogens with one attached hydrogen (secondary N) is 2. The Morgan fingerprint density at radius 1 is 1.23 bits per heavy atom. The second-order valence-corrected chi connectivity index (χ2v) is 6.42. The number of hydrogen-bond donors (Lipinski definition) is 2. The molecule has 0 bridgehead atoms. The SMILES string of the molecule is COc1ccccc1C(C)NCC(C)NC(=O)OC(C)(C)C. The molecule has 0 radical (unpaired) electrons. The van der Waals surface area contributed by atoms with E-state index in [0.717, 1.165) is 11.3 Å². The fourth-order valence-corrected chi connectivity index (χ4v) is 2.05. The normalized spacial score (nSPS) is 14.1. The molecule has 1 amide bonds. The second-order valence-electron chi connectivity index (χ2n) is 6.42. The van der Waals surface area contributed by atoms with Gasteiger partial charge < -0.3 is 20.1 Å². The quantitative estimate of drug-likeness (QED) is 0.847. The van der Waals surface area contributed by atoms with Crippen LogP contribution in [0.5, 0.6) is 5.75 Å². The van der Waals surface area contributed by atoms with Crippen LogP contribution >= 0.6 is 0 Å². The van der Waals surface area contributed by atoms with Gasteiger partial charge in [-0.2, -0.15) is 0 Å². The maximum Gasteiger partial charge on any atom is 0.407 e. The van der Waals surface area contributed by atoms with E-state index in [4.69, 9.17) is 9.47 Å². The fraction of sp³-hybridized carbons (Fsp3) is 0.588. The lowest BCUT2D eigenvalue weighted by Gasteiger charge is -2.23. The molecule has 2 atom stereocenters. The fourth-order valence-electron chi connectivity index (χ4n) is 2.05. The van der Waals surface area contributed by atoms with Crippen LogP contribution in [0.15, 0.2) is 24.3 Å².